The molecule has 1 heterocycles. The van der Waals surface area contributed by atoms with E-state index in [0.717, 1.165) is 0 Å². The molecule has 0 N–H and O–H groups in total. The van der Waals surface area contributed by atoms with E-state index in [0.29, 0.717) is 36.5 Å². The summed E-state index contributed by atoms with van der Waals surface area (Å²) in [6.45, 7) is 2.43. The van der Waals surface area contributed by atoms with E-state index in [1.807, 2.05) is 0 Å². The number of carbonyl (C=O) groups is 2. The summed E-state index contributed by atoms with van der Waals surface area (Å²) in [7, 11) is 0. The summed E-state index contributed by atoms with van der Waals surface area (Å²) in [5.74, 6) is 5.07. The van der Waals surface area contributed by atoms with Gasteiger partial charge in [0.05, 0.1) is 18.8 Å². The molecule has 0 unspecified atom stereocenters. The van der Waals surface area contributed by atoms with E-state index in [1.54, 1.807) is 25.1 Å². The van der Waals surface area contributed by atoms with Crippen LogP contribution in [0.3, 0.4) is 0 Å². The molecule has 92 valence electrons. The van der Waals surface area contributed by atoms with Crippen molar-refractivity contribution in [2.24, 2.45) is 0 Å². The summed E-state index contributed by atoms with van der Waals surface area (Å²) in [5.41, 5.74) is 1.12. The largest absolute Gasteiger partial charge is 0.492 e. The minimum atomic E-state index is -0.571. The quantitative estimate of drug-likeness (QED) is 0.555. The molecule has 1 aliphatic heterocycles. The summed E-state index contributed by atoms with van der Waals surface area (Å²) in [6, 6.07) is 5.05. The minimum Gasteiger partial charge on any atom is -0.492 e. The summed E-state index contributed by atoms with van der Waals surface area (Å²) in [6.07, 6.45) is 0.377. The number of Topliss-reactive ketones (excluding diaryl/α,β-unsaturated/α-hetero) is 1. The lowest BCUT2D eigenvalue weighted by Crippen LogP contribution is -2.15. The molecule has 4 heteroatoms. The maximum absolute atomic E-state index is 11.7. The lowest BCUT2D eigenvalue weighted by atomic mass is 10.0. The fourth-order valence-electron chi connectivity index (χ4n) is 1.63. The molecule has 0 aromatic heterocycles. The standard InChI is InChI=1S/C14H12O4/c1-2-17-14(16)6-4-10-3-5-13-11(9-10)12(15)7-8-18-13/h3,5,9H,2,7-8H2,1H3. The molecule has 18 heavy (non-hydrogen) atoms. The summed E-state index contributed by atoms with van der Waals surface area (Å²) >= 11 is 0. The Morgan fingerprint density at radius 1 is 1.50 bits per heavy atom. The molecule has 0 bridgehead atoms. The predicted molar refractivity (Wildman–Crippen MR) is 64.4 cm³/mol. The second kappa shape index (κ2) is 5.37. The third kappa shape index (κ3) is 2.69. The SMILES string of the molecule is CCOC(=O)C#Cc1ccc2c(c1)C(=O)CCO2. The molecular weight excluding hydrogens is 232 g/mol. The number of rotatable bonds is 1. The van der Waals surface area contributed by atoms with E-state index >= 15 is 0 Å². The van der Waals surface area contributed by atoms with Gasteiger partial charge in [0.1, 0.15) is 5.75 Å². The number of benzene rings is 1. The van der Waals surface area contributed by atoms with Crippen LogP contribution in [-0.4, -0.2) is 25.0 Å². The highest BCUT2D eigenvalue weighted by Crippen LogP contribution is 2.25. The zero-order valence-corrected chi connectivity index (χ0v) is 9.99. The molecular formula is C14H12O4. The number of fused-ring (bicyclic) bond motifs is 1. The third-order valence-corrected chi connectivity index (χ3v) is 2.45. The summed E-state index contributed by atoms with van der Waals surface area (Å²) < 4.78 is 10.0. The molecule has 0 radical (unpaired) electrons. The van der Waals surface area contributed by atoms with Gasteiger partial charge in [-0.15, -0.1) is 0 Å². The van der Waals surface area contributed by atoms with Gasteiger partial charge < -0.3 is 9.47 Å². The van der Waals surface area contributed by atoms with Crippen LogP contribution in [0.1, 0.15) is 29.3 Å². The van der Waals surface area contributed by atoms with Crippen molar-refractivity contribution >= 4 is 11.8 Å². The first-order chi connectivity index (χ1) is 8.70. The Labute approximate surface area is 105 Å². The van der Waals surface area contributed by atoms with E-state index in [2.05, 4.69) is 11.8 Å². The molecule has 2 rings (SSSR count). The zero-order chi connectivity index (χ0) is 13.0. The first-order valence-corrected chi connectivity index (χ1v) is 5.69. The van der Waals surface area contributed by atoms with Crippen LogP contribution >= 0.6 is 0 Å². The van der Waals surface area contributed by atoms with Crippen LogP contribution in [0.4, 0.5) is 0 Å². The topological polar surface area (TPSA) is 52.6 Å². The highest BCUT2D eigenvalue weighted by atomic mass is 16.5. The maximum atomic E-state index is 11.7. The van der Waals surface area contributed by atoms with E-state index in [-0.39, 0.29) is 5.78 Å². The Bertz CT molecular complexity index is 549. The zero-order valence-electron chi connectivity index (χ0n) is 9.99. The van der Waals surface area contributed by atoms with Crippen molar-refractivity contribution in [1.29, 1.82) is 0 Å². The highest BCUT2D eigenvalue weighted by molar-refractivity contribution is 6.00. The average Bonchev–Trinajstić information content (AvgIpc) is 2.37. The number of hydrogen-bond acceptors (Lipinski definition) is 4. The van der Waals surface area contributed by atoms with Crippen LogP contribution in [0.5, 0.6) is 5.75 Å². The van der Waals surface area contributed by atoms with Crippen molar-refractivity contribution in [2.45, 2.75) is 13.3 Å². The monoisotopic (exact) mass is 244 g/mol. The molecule has 0 saturated heterocycles. The smallest absolute Gasteiger partial charge is 0.384 e. The molecule has 1 aromatic carbocycles. The van der Waals surface area contributed by atoms with Crippen LogP contribution in [0, 0.1) is 11.8 Å². The van der Waals surface area contributed by atoms with Gasteiger partial charge >= 0.3 is 5.97 Å². The van der Waals surface area contributed by atoms with Crippen molar-refractivity contribution in [1.82, 2.24) is 0 Å². The number of hydrogen-bond donors (Lipinski definition) is 0. The summed E-state index contributed by atoms with van der Waals surface area (Å²) in [4.78, 5) is 22.7. The van der Waals surface area contributed by atoms with E-state index in [9.17, 15) is 9.59 Å². The molecule has 0 spiro atoms. The molecule has 0 fully saturated rings. The average molecular weight is 244 g/mol. The summed E-state index contributed by atoms with van der Waals surface area (Å²) in [5, 5.41) is 0. The van der Waals surface area contributed by atoms with Crippen LogP contribution in [0.15, 0.2) is 18.2 Å². The number of carbonyl (C=O) groups excluding carboxylic acids is 2. The lowest BCUT2D eigenvalue weighted by molar-refractivity contribution is -0.136. The number of esters is 1. The predicted octanol–water partition coefficient (Wildman–Crippen LogP) is 1.57. The molecule has 1 aliphatic rings. The molecule has 0 atom stereocenters. The van der Waals surface area contributed by atoms with Crippen molar-refractivity contribution in [3.8, 4) is 17.6 Å². The molecule has 1 aromatic rings. The Morgan fingerprint density at radius 2 is 2.33 bits per heavy atom. The van der Waals surface area contributed by atoms with Crippen molar-refractivity contribution in [2.75, 3.05) is 13.2 Å². The first-order valence-electron chi connectivity index (χ1n) is 5.69. The Morgan fingerprint density at radius 3 is 3.11 bits per heavy atom. The van der Waals surface area contributed by atoms with Gasteiger partial charge in [-0.3, -0.25) is 4.79 Å². The molecule has 4 nitrogen and oxygen atoms in total. The van der Waals surface area contributed by atoms with Gasteiger partial charge in [0.15, 0.2) is 5.78 Å². The van der Waals surface area contributed by atoms with Gasteiger partial charge in [-0.05, 0) is 25.1 Å². The van der Waals surface area contributed by atoms with Gasteiger partial charge in [0.2, 0.25) is 0 Å². The van der Waals surface area contributed by atoms with Crippen molar-refractivity contribution in [3.05, 3.63) is 29.3 Å². The molecule has 0 aliphatic carbocycles. The Balaban J connectivity index is 2.23. The normalized spacial score (nSPS) is 12.8. The third-order valence-electron chi connectivity index (χ3n) is 2.45. The second-order valence-electron chi connectivity index (χ2n) is 3.70. The number of ketones is 1. The maximum Gasteiger partial charge on any atom is 0.384 e. The van der Waals surface area contributed by atoms with Crippen LogP contribution < -0.4 is 4.74 Å². The van der Waals surface area contributed by atoms with E-state index in [4.69, 9.17) is 9.47 Å². The van der Waals surface area contributed by atoms with Crippen LogP contribution in [-0.2, 0) is 9.53 Å². The van der Waals surface area contributed by atoms with E-state index in [1.165, 1.54) is 0 Å². The van der Waals surface area contributed by atoms with Crippen molar-refractivity contribution in [3.63, 3.8) is 0 Å². The first kappa shape index (κ1) is 12.2. The van der Waals surface area contributed by atoms with E-state index < -0.39 is 5.97 Å². The van der Waals surface area contributed by atoms with Crippen LogP contribution in [0.2, 0.25) is 0 Å². The molecule has 0 saturated carbocycles. The second-order valence-corrected chi connectivity index (χ2v) is 3.70. The minimum absolute atomic E-state index is 0.0380. The fourth-order valence-corrected chi connectivity index (χ4v) is 1.63. The van der Waals surface area contributed by atoms with Gasteiger partial charge in [-0.1, -0.05) is 5.92 Å². The van der Waals surface area contributed by atoms with Gasteiger partial charge in [0.25, 0.3) is 0 Å². The van der Waals surface area contributed by atoms with Gasteiger partial charge in [-0.2, -0.15) is 0 Å². The Kier molecular flexibility index (Phi) is 3.63. The van der Waals surface area contributed by atoms with Crippen molar-refractivity contribution < 1.29 is 19.1 Å². The van der Waals surface area contributed by atoms with Gasteiger partial charge in [0, 0.05) is 17.9 Å². The fraction of sp³-hybridized carbons (Fsp3) is 0.286. The van der Waals surface area contributed by atoms with Crippen LogP contribution in [0.25, 0.3) is 0 Å². The van der Waals surface area contributed by atoms with Gasteiger partial charge in [-0.25, -0.2) is 4.79 Å². The Hall–Kier alpha value is -2.28. The lowest BCUT2D eigenvalue weighted by Gasteiger charge is -2.15. The highest BCUT2D eigenvalue weighted by Gasteiger charge is 2.18. The number of ether oxygens (including phenoxy) is 2. The molecule has 0 amide bonds.